The van der Waals surface area contributed by atoms with Gasteiger partial charge in [0.05, 0.1) is 13.0 Å². The van der Waals surface area contributed by atoms with Crippen molar-refractivity contribution in [3.63, 3.8) is 0 Å². The Morgan fingerprint density at radius 2 is 1.68 bits per heavy atom. The van der Waals surface area contributed by atoms with Crippen molar-refractivity contribution < 1.29 is 18.7 Å². The van der Waals surface area contributed by atoms with Gasteiger partial charge in [0.25, 0.3) is 0 Å². The van der Waals surface area contributed by atoms with Crippen LogP contribution in [-0.2, 0) is 22.7 Å². The van der Waals surface area contributed by atoms with Crippen LogP contribution in [-0.4, -0.2) is 12.6 Å². The molecule has 0 aliphatic carbocycles. The van der Waals surface area contributed by atoms with Crippen LogP contribution in [0.2, 0.25) is 0 Å². The van der Waals surface area contributed by atoms with Crippen molar-refractivity contribution in [2.45, 2.75) is 32.5 Å². The summed E-state index contributed by atoms with van der Waals surface area (Å²) >= 11 is 0. The maximum atomic E-state index is 13.3. The Hall–Kier alpha value is -2.89. The maximum Gasteiger partial charge on any atom is 0.307 e. The summed E-state index contributed by atoms with van der Waals surface area (Å²) < 4.78 is 24.3. The third-order valence-corrected chi connectivity index (χ3v) is 4.65. The van der Waals surface area contributed by atoms with Crippen LogP contribution in [0.25, 0.3) is 0 Å². The Balaban J connectivity index is 0.00000341. The molecule has 164 valence electrons. The molecule has 0 aromatic heterocycles. The number of ether oxygens (including phenoxy) is 2. The van der Waals surface area contributed by atoms with Crippen LogP contribution >= 0.6 is 12.4 Å². The van der Waals surface area contributed by atoms with Crippen molar-refractivity contribution in [1.29, 1.82) is 0 Å². The number of halogens is 2. The summed E-state index contributed by atoms with van der Waals surface area (Å²) in [7, 11) is 0. The molecule has 0 spiro atoms. The number of hydrogen-bond donors (Lipinski definition) is 1. The number of esters is 1. The average Bonchev–Trinajstić information content (AvgIpc) is 2.77. The first-order valence-corrected chi connectivity index (χ1v) is 10.0. The van der Waals surface area contributed by atoms with Gasteiger partial charge in [-0.3, -0.25) is 4.79 Å². The van der Waals surface area contributed by atoms with Gasteiger partial charge in [-0.05, 0) is 47.9 Å². The Morgan fingerprint density at radius 3 is 2.39 bits per heavy atom. The minimum atomic E-state index is -0.308. The first kappa shape index (κ1) is 24.4. The van der Waals surface area contributed by atoms with Gasteiger partial charge in [-0.1, -0.05) is 54.6 Å². The van der Waals surface area contributed by atoms with Crippen LogP contribution < -0.4 is 10.1 Å². The summed E-state index contributed by atoms with van der Waals surface area (Å²) in [5.74, 6) is 0.179. The van der Waals surface area contributed by atoms with E-state index < -0.39 is 0 Å². The molecule has 3 aromatic carbocycles. The highest BCUT2D eigenvalue weighted by atomic mass is 35.5. The quantitative estimate of drug-likeness (QED) is 0.414. The molecule has 1 unspecified atom stereocenters. The number of hydrogen-bond acceptors (Lipinski definition) is 4. The van der Waals surface area contributed by atoms with Crippen LogP contribution in [0.4, 0.5) is 4.39 Å². The molecular weight excluding hydrogens is 417 g/mol. The smallest absolute Gasteiger partial charge is 0.307 e. The van der Waals surface area contributed by atoms with E-state index in [-0.39, 0.29) is 36.7 Å². The van der Waals surface area contributed by atoms with E-state index in [4.69, 9.17) is 9.47 Å². The molecule has 0 radical (unpaired) electrons. The molecular formula is C25H27ClFNO3. The van der Waals surface area contributed by atoms with Gasteiger partial charge in [0.15, 0.2) is 0 Å². The van der Waals surface area contributed by atoms with Crippen LogP contribution in [0.1, 0.15) is 36.1 Å². The molecule has 1 N–H and O–H groups in total. The van der Waals surface area contributed by atoms with Crippen LogP contribution in [0.3, 0.4) is 0 Å². The summed E-state index contributed by atoms with van der Waals surface area (Å²) in [4.78, 5) is 12.0. The molecule has 6 heteroatoms. The zero-order valence-electron chi connectivity index (χ0n) is 17.4. The Morgan fingerprint density at radius 1 is 0.968 bits per heavy atom. The molecule has 0 amide bonds. The topological polar surface area (TPSA) is 47.6 Å². The first-order chi connectivity index (χ1) is 14.6. The monoisotopic (exact) mass is 443 g/mol. The molecule has 0 aliphatic heterocycles. The predicted molar refractivity (Wildman–Crippen MR) is 122 cm³/mol. The van der Waals surface area contributed by atoms with Crippen molar-refractivity contribution in [3.8, 4) is 5.75 Å². The molecule has 0 saturated heterocycles. The highest BCUT2D eigenvalue weighted by molar-refractivity contribution is 5.85. The number of nitrogens with one attached hydrogen (secondary N) is 1. The molecule has 0 aliphatic rings. The van der Waals surface area contributed by atoms with E-state index in [1.165, 1.54) is 12.1 Å². The molecule has 0 fully saturated rings. The van der Waals surface area contributed by atoms with E-state index in [0.717, 1.165) is 22.4 Å². The lowest BCUT2D eigenvalue weighted by atomic mass is 10.0. The summed E-state index contributed by atoms with van der Waals surface area (Å²) in [6, 6.07) is 23.7. The number of benzene rings is 3. The van der Waals surface area contributed by atoms with Gasteiger partial charge < -0.3 is 14.8 Å². The van der Waals surface area contributed by atoms with E-state index in [1.807, 2.05) is 54.6 Å². The lowest BCUT2D eigenvalue weighted by Crippen LogP contribution is -2.24. The zero-order chi connectivity index (χ0) is 21.2. The minimum absolute atomic E-state index is 0. The van der Waals surface area contributed by atoms with E-state index in [9.17, 15) is 9.18 Å². The summed E-state index contributed by atoms with van der Waals surface area (Å²) in [5, 5.41) is 3.38. The molecule has 1 atom stereocenters. The molecule has 31 heavy (non-hydrogen) atoms. The summed E-state index contributed by atoms with van der Waals surface area (Å²) in [5.41, 5.74) is 2.96. The van der Waals surface area contributed by atoms with E-state index in [0.29, 0.717) is 19.8 Å². The van der Waals surface area contributed by atoms with Crippen molar-refractivity contribution in [2.75, 3.05) is 6.61 Å². The second-order valence-electron chi connectivity index (χ2n) is 6.92. The SMILES string of the molecule is CCOC(=O)CC(NCc1cccc(OCc2ccccc2)c1)c1ccc(F)cc1.Cl. The van der Waals surface area contributed by atoms with E-state index in [2.05, 4.69) is 5.32 Å². The molecule has 0 bridgehead atoms. The fraction of sp³-hybridized carbons (Fsp3) is 0.240. The summed E-state index contributed by atoms with van der Waals surface area (Å²) in [6.07, 6.45) is 0.170. The van der Waals surface area contributed by atoms with Crippen LogP contribution in [0, 0.1) is 5.82 Å². The van der Waals surface area contributed by atoms with Gasteiger partial charge in [0.2, 0.25) is 0 Å². The normalized spacial score (nSPS) is 11.3. The van der Waals surface area contributed by atoms with Gasteiger partial charge >= 0.3 is 5.97 Å². The van der Waals surface area contributed by atoms with Crippen molar-refractivity contribution >= 4 is 18.4 Å². The van der Waals surface area contributed by atoms with Gasteiger partial charge in [-0.2, -0.15) is 0 Å². The number of carbonyl (C=O) groups is 1. The molecule has 3 aromatic rings. The lowest BCUT2D eigenvalue weighted by Gasteiger charge is -2.19. The van der Waals surface area contributed by atoms with Crippen LogP contribution in [0.15, 0.2) is 78.9 Å². The maximum absolute atomic E-state index is 13.3. The molecule has 4 nitrogen and oxygen atoms in total. The van der Waals surface area contributed by atoms with Gasteiger partial charge in [-0.15, -0.1) is 12.4 Å². The van der Waals surface area contributed by atoms with Crippen molar-refractivity contribution in [1.82, 2.24) is 5.32 Å². The van der Waals surface area contributed by atoms with Gasteiger partial charge in [-0.25, -0.2) is 4.39 Å². The number of rotatable bonds is 10. The zero-order valence-corrected chi connectivity index (χ0v) is 18.2. The largest absolute Gasteiger partial charge is 0.489 e. The first-order valence-electron chi connectivity index (χ1n) is 10.0. The standard InChI is InChI=1S/C25H26FNO3.ClH/c1-2-29-25(28)16-24(21-11-13-22(26)14-12-21)27-17-20-9-6-10-23(15-20)30-18-19-7-4-3-5-8-19;/h3-15,24,27H,2,16-18H2,1H3;1H. The fourth-order valence-corrected chi connectivity index (χ4v) is 3.12. The van der Waals surface area contributed by atoms with Crippen molar-refractivity contribution in [3.05, 3.63) is 101 Å². The number of carbonyl (C=O) groups excluding carboxylic acids is 1. The lowest BCUT2D eigenvalue weighted by molar-refractivity contribution is -0.143. The average molecular weight is 444 g/mol. The molecule has 0 saturated carbocycles. The second-order valence-corrected chi connectivity index (χ2v) is 6.92. The van der Waals surface area contributed by atoms with Crippen LogP contribution in [0.5, 0.6) is 5.75 Å². The molecule has 3 rings (SSSR count). The Kier molecular flexibility index (Phi) is 10.0. The fourth-order valence-electron chi connectivity index (χ4n) is 3.12. The predicted octanol–water partition coefficient (Wildman–Crippen LogP) is 5.61. The van der Waals surface area contributed by atoms with Gasteiger partial charge in [0, 0.05) is 12.6 Å². The van der Waals surface area contributed by atoms with E-state index in [1.54, 1.807) is 19.1 Å². The van der Waals surface area contributed by atoms with E-state index >= 15 is 0 Å². The highest BCUT2D eigenvalue weighted by Crippen LogP contribution is 2.20. The second kappa shape index (κ2) is 12.7. The highest BCUT2D eigenvalue weighted by Gasteiger charge is 2.17. The van der Waals surface area contributed by atoms with Gasteiger partial charge in [0.1, 0.15) is 18.2 Å². The Labute approximate surface area is 188 Å². The minimum Gasteiger partial charge on any atom is -0.489 e. The Bertz CT molecular complexity index is 935. The third-order valence-electron chi connectivity index (χ3n) is 4.65. The summed E-state index contributed by atoms with van der Waals surface area (Å²) in [6.45, 7) is 3.14. The third kappa shape index (κ3) is 8.04. The molecule has 0 heterocycles. The van der Waals surface area contributed by atoms with Crippen molar-refractivity contribution in [2.24, 2.45) is 0 Å².